The summed E-state index contributed by atoms with van der Waals surface area (Å²) in [5.41, 5.74) is 0.652. The SMILES string of the molecule is Cc1cc(=O)n2nc(CN3CCC[C@@H]3c3cccs3)sc2n1. The van der Waals surface area contributed by atoms with Crippen molar-refractivity contribution < 1.29 is 0 Å². The monoisotopic (exact) mass is 332 g/mol. The molecule has 1 aliphatic heterocycles. The van der Waals surface area contributed by atoms with E-state index in [1.165, 1.54) is 39.6 Å². The largest absolute Gasteiger partial charge is 0.289 e. The maximum atomic E-state index is 12.0. The maximum absolute atomic E-state index is 12.0. The van der Waals surface area contributed by atoms with Gasteiger partial charge in [0.25, 0.3) is 5.56 Å². The molecule has 0 spiro atoms. The first kappa shape index (κ1) is 14.0. The van der Waals surface area contributed by atoms with E-state index in [1.54, 1.807) is 0 Å². The van der Waals surface area contributed by atoms with Crippen LogP contribution in [0.2, 0.25) is 0 Å². The fourth-order valence-corrected chi connectivity index (χ4v) is 4.88. The van der Waals surface area contributed by atoms with Crippen molar-refractivity contribution in [3.05, 3.63) is 49.5 Å². The van der Waals surface area contributed by atoms with E-state index in [4.69, 9.17) is 0 Å². The quantitative estimate of drug-likeness (QED) is 0.740. The predicted molar refractivity (Wildman–Crippen MR) is 88.6 cm³/mol. The number of hydrogen-bond donors (Lipinski definition) is 0. The average molecular weight is 332 g/mol. The van der Waals surface area contributed by atoms with Crippen LogP contribution in [0.15, 0.2) is 28.4 Å². The number of hydrogen-bond acceptors (Lipinski definition) is 6. The van der Waals surface area contributed by atoms with Crippen LogP contribution in [-0.2, 0) is 6.54 Å². The Bertz CT molecular complexity index is 852. The molecule has 0 unspecified atom stereocenters. The Morgan fingerprint density at radius 2 is 2.36 bits per heavy atom. The third-order valence-corrected chi connectivity index (χ3v) is 5.86. The van der Waals surface area contributed by atoms with Gasteiger partial charge in [0.15, 0.2) is 0 Å². The minimum atomic E-state index is -0.0961. The van der Waals surface area contributed by atoms with E-state index in [-0.39, 0.29) is 5.56 Å². The summed E-state index contributed by atoms with van der Waals surface area (Å²) in [6.45, 7) is 3.71. The van der Waals surface area contributed by atoms with Crippen molar-refractivity contribution in [1.29, 1.82) is 0 Å². The molecular formula is C15H16N4OS2. The number of fused-ring (bicyclic) bond motifs is 1. The lowest BCUT2D eigenvalue weighted by Gasteiger charge is -2.21. The van der Waals surface area contributed by atoms with Crippen molar-refractivity contribution in [2.24, 2.45) is 0 Å². The summed E-state index contributed by atoms with van der Waals surface area (Å²) in [5, 5.41) is 7.55. The van der Waals surface area contributed by atoms with Gasteiger partial charge in [0.05, 0.1) is 6.54 Å². The third kappa shape index (κ3) is 2.49. The summed E-state index contributed by atoms with van der Waals surface area (Å²) in [6, 6.07) is 6.33. The van der Waals surface area contributed by atoms with Gasteiger partial charge >= 0.3 is 0 Å². The van der Waals surface area contributed by atoms with Crippen LogP contribution in [0.3, 0.4) is 0 Å². The first-order valence-electron chi connectivity index (χ1n) is 7.34. The molecule has 0 aromatic carbocycles. The molecule has 0 amide bonds. The van der Waals surface area contributed by atoms with E-state index in [0.29, 0.717) is 11.0 Å². The molecule has 3 aromatic rings. The Labute approximate surface area is 135 Å². The van der Waals surface area contributed by atoms with Gasteiger partial charge in [-0.15, -0.1) is 11.3 Å². The molecule has 0 aliphatic carbocycles. The van der Waals surface area contributed by atoms with Crippen LogP contribution in [0.5, 0.6) is 0 Å². The Morgan fingerprint density at radius 1 is 1.45 bits per heavy atom. The van der Waals surface area contributed by atoms with Crippen LogP contribution < -0.4 is 5.56 Å². The first-order chi connectivity index (χ1) is 10.7. The lowest BCUT2D eigenvalue weighted by Crippen LogP contribution is -2.22. The lowest BCUT2D eigenvalue weighted by atomic mass is 10.2. The summed E-state index contributed by atoms with van der Waals surface area (Å²) in [4.78, 5) is 20.9. The van der Waals surface area contributed by atoms with Crippen LogP contribution in [0.4, 0.5) is 0 Å². The average Bonchev–Trinajstić information content (AvgIpc) is 3.17. The van der Waals surface area contributed by atoms with E-state index < -0.39 is 0 Å². The normalized spacial score (nSPS) is 19.2. The molecule has 0 bridgehead atoms. The number of likely N-dealkylation sites (tertiary alicyclic amines) is 1. The Kier molecular flexibility index (Phi) is 3.56. The number of aromatic nitrogens is 3. The van der Waals surface area contributed by atoms with Gasteiger partial charge in [-0.25, -0.2) is 4.98 Å². The molecule has 5 nitrogen and oxygen atoms in total. The second kappa shape index (κ2) is 5.57. The van der Waals surface area contributed by atoms with Gasteiger partial charge in [0.2, 0.25) is 4.96 Å². The highest BCUT2D eigenvalue weighted by atomic mass is 32.1. The van der Waals surface area contributed by atoms with Crippen molar-refractivity contribution in [2.45, 2.75) is 32.4 Å². The highest BCUT2D eigenvalue weighted by molar-refractivity contribution is 7.16. The third-order valence-electron chi connectivity index (χ3n) is 3.99. The summed E-state index contributed by atoms with van der Waals surface area (Å²) in [5.74, 6) is 0. The molecule has 4 rings (SSSR count). The molecular weight excluding hydrogens is 316 g/mol. The Balaban J connectivity index is 1.63. The summed E-state index contributed by atoms with van der Waals surface area (Å²) in [6.07, 6.45) is 2.41. The Morgan fingerprint density at radius 3 is 3.18 bits per heavy atom. The van der Waals surface area contributed by atoms with E-state index in [1.807, 2.05) is 18.3 Å². The fraction of sp³-hybridized carbons (Fsp3) is 0.400. The second-order valence-electron chi connectivity index (χ2n) is 5.57. The van der Waals surface area contributed by atoms with Crippen molar-refractivity contribution in [1.82, 2.24) is 19.5 Å². The van der Waals surface area contributed by atoms with Gasteiger partial charge in [-0.05, 0) is 37.8 Å². The zero-order chi connectivity index (χ0) is 15.1. The van der Waals surface area contributed by atoms with Gasteiger partial charge in [0.1, 0.15) is 5.01 Å². The van der Waals surface area contributed by atoms with Crippen molar-refractivity contribution >= 4 is 27.6 Å². The van der Waals surface area contributed by atoms with Gasteiger partial charge < -0.3 is 0 Å². The van der Waals surface area contributed by atoms with E-state index in [9.17, 15) is 4.79 Å². The van der Waals surface area contributed by atoms with E-state index in [0.717, 1.165) is 23.8 Å². The van der Waals surface area contributed by atoms with Crippen LogP contribution in [0.1, 0.15) is 34.5 Å². The highest BCUT2D eigenvalue weighted by Gasteiger charge is 2.27. The fourth-order valence-electron chi connectivity index (χ4n) is 3.02. The molecule has 0 N–H and O–H groups in total. The molecule has 22 heavy (non-hydrogen) atoms. The molecule has 7 heteroatoms. The topological polar surface area (TPSA) is 50.5 Å². The minimum Gasteiger partial charge on any atom is -0.289 e. The maximum Gasteiger partial charge on any atom is 0.275 e. The molecule has 3 aromatic heterocycles. The molecule has 1 fully saturated rings. The van der Waals surface area contributed by atoms with E-state index >= 15 is 0 Å². The van der Waals surface area contributed by atoms with Gasteiger partial charge in [-0.1, -0.05) is 17.4 Å². The van der Waals surface area contributed by atoms with Crippen molar-refractivity contribution in [2.75, 3.05) is 6.54 Å². The number of rotatable bonds is 3. The number of thiophene rings is 1. The van der Waals surface area contributed by atoms with Crippen LogP contribution >= 0.6 is 22.7 Å². The number of aryl methyl sites for hydroxylation is 1. The molecule has 114 valence electrons. The molecule has 0 saturated carbocycles. The predicted octanol–water partition coefficient (Wildman–Crippen LogP) is 2.86. The van der Waals surface area contributed by atoms with Crippen molar-refractivity contribution in [3.8, 4) is 0 Å². The van der Waals surface area contributed by atoms with Crippen LogP contribution in [0, 0.1) is 6.92 Å². The number of nitrogens with zero attached hydrogens (tertiary/aromatic N) is 4. The lowest BCUT2D eigenvalue weighted by molar-refractivity contribution is 0.250. The summed E-state index contributed by atoms with van der Waals surface area (Å²) < 4.78 is 1.42. The smallest absolute Gasteiger partial charge is 0.275 e. The zero-order valence-electron chi connectivity index (χ0n) is 12.2. The van der Waals surface area contributed by atoms with E-state index in [2.05, 4.69) is 32.5 Å². The standard InChI is InChI=1S/C15H16N4OS2/c1-10-8-14(20)19-15(16-10)22-13(17-19)9-18-6-2-4-11(18)12-5-3-7-21-12/h3,5,7-8,11H,2,4,6,9H2,1H3/t11-/m1/s1. The van der Waals surface area contributed by atoms with Crippen molar-refractivity contribution in [3.63, 3.8) is 0 Å². The molecule has 4 heterocycles. The zero-order valence-corrected chi connectivity index (χ0v) is 13.9. The first-order valence-corrected chi connectivity index (χ1v) is 9.04. The van der Waals surface area contributed by atoms with Crippen LogP contribution in [0.25, 0.3) is 4.96 Å². The van der Waals surface area contributed by atoms with Crippen LogP contribution in [-0.4, -0.2) is 26.0 Å². The van der Waals surface area contributed by atoms with Gasteiger partial charge in [-0.2, -0.15) is 9.61 Å². The Hall–Kier alpha value is -1.57. The van der Waals surface area contributed by atoms with Gasteiger partial charge in [-0.3, -0.25) is 9.69 Å². The molecule has 1 saturated heterocycles. The molecule has 0 radical (unpaired) electrons. The molecule has 1 aliphatic rings. The summed E-state index contributed by atoms with van der Waals surface area (Å²) in [7, 11) is 0. The minimum absolute atomic E-state index is 0.0961. The summed E-state index contributed by atoms with van der Waals surface area (Å²) >= 11 is 3.33. The second-order valence-corrected chi connectivity index (χ2v) is 7.59. The highest BCUT2D eigenvalue weighted by Crippen LogP contribution is 2.35. The molecule has 1 atom stereocenters. The van der Waals surface area contributed by atoms with Gasteiger partial charge in [0, 0.05) is 22.7 Å².